The van der Waals surface area contributed by atoms with Crippen LogP contribution < -0.4 is 14.8 Å². The van der Waals surface area contributed by atoms with Gasteiger partial charge in [-0.15, -0.1) is 0 Å². The van der Waals surface area contributed by atoms with Crippen LogP contribution >= 0.6 is 23.2 Å². The van der Waals surface area contributed by atoms with Crippen LogP contribution in [0.1, 0.15) is 56.7 Å². The third-order valence-corrected chi connectivity index (χ3v) is 11.5. The van der Waals surface area contributed by atoms with Gasteiger partial charge in [-0.2, -0.15) is 0 Å². The molecule has 4 aromatic rings. The van der Waals surface area contributed by atoms with E-state index in [0.717, 1.165) is 85.2 Å². The van der Waals surface area contributed by atoms with E-state index in [1.807, 2.05) is 59.5 Å². The van der Waals surface area contributed by atoms with E-state index in [4.69, 9.17) is 42.6 Å². The Kier molecular flexibility index (Phi) is 9.98. The van der Waals surface area contributed by atoms with Crippen molar-refractivity contribution in [1.82, 2.24) is 25.1 Å². The first-order chi connectivity index (χ1) is 24.6. The molecule has 2 amide bonds. The molecule has 0 bridgehead atoms. The number of nitrogens with one attached hydrogen (secondary N) is 1. The molecule has 3 aliphatic rings. The van der Waals surface area contributed by atoms with Crippen LogP contribution in [0.5, 0.6) is 11.8 Å². The maximum absolute atomic E-state index is 11.7. The van der Waals surface area contributed by atoms with Crippen molar-refractivity contribution < 1.29 is 19.1 Å². The highest BCUT2D eigenvalue weighted by Crippen LogP contribution is 2.46. The van der Waals surface area contributed by atoms with Crippen LogP contribution in [-0.4, -0.2) is 78.0 Å². The molecule has 2 aromatic carbocycles. The minimum atomic E-state index is 0.115. The van der Waals surface area contributed by atoms with Crippen LogP contribution in [0.3, 0.4) is 0 Å². The summed E-state index contributed by atoms with van der Waals surface area (Å²) in [4.78, 5) is 37.3. The maximum atomic E-state index is 11.7. The number of hydrogen-bond acceptors (Lipinski definition) is 7. The van der Waals surface area contributed by atoms with Crippen molar-refractivity contribution in [2.45, 2.75) is 58.0 Å². The van der Waals surface area contributed by atoms with Gasteiger partial charge >= 0.3 is 0 Å². The molecule has 1 unspecified atom stereocenters. The number of amides is 2. The highest BCUT2D eigenvalue weighted by atomic mass is 35.5. The van der Waals surface area contributed by atoms with Crippen LogP contribution in [0.25, 0.3) is 33.6 Å². The molecule has 2 aromatic heterocycles. The first kappa shape index (κ1) is 35.2. The number of ether oxygens (including phenoxy) is 2. The minimum absolute atomic E-state index is 0.115. The van der Waals surface area contributed by atoms with Gasteiger partial charge in [0.15, 0.2) is 0 Å². The third kappa shape index (κ3) is 6.91. The number of nitrogens with zero attached hydrogens (tertiary/aromatic N) is 4. The van der Waals surface area contributed by atoms with Crippen LogP contribution in [0.2, 0.25) is 10.0 Å². The molecule has 0 radical (unpaired) electrons. The van der Waals surface area contributed by atoms with Crippen LogP contribution in [0.4, 0.5) is 0 Å². The SMILES string of the molecule is COc1nc(-c2cccc(-c3cccc(-c4ccc(C(C)N5CC6(CN(C(C)=O)C6)C5)c(OC)n4)c3Cl)c2Cl)ccc1CCC[C@@H]1CCC(=O)N1. The average Bonchev–Trinajstić information content (AvgIpc) is 3.51. The second kappa shape index (κ2) is 14.4. The molecule has 51 heavy (non-hydrogen) atoms. The van der Waals surface area contributed by atoms with Gasteiger partial charge in [0.25, 0.3) is 0 Å². The number of benzene rings is 2. The molecule has 11 heteroatoms. The van der Waals surface area contributed by atoms with E-state index in [1.54, 1.807) is 21.1 Å². The predicted octanol–water partition coefficient (Wildman–Crippen LogP) is 7.63. The monoisotopic (exact) mass is 727 g/mol. The Morgan fingerprint density at radius 3 is 2.04 bits per heavy atom. The number of likely N-dealkylation sites (tertiary alicyclic amines) is 2. The lowest BCUT2D eigenvalue weighted by molar-refractivity contribution is -0.160. The van der Waals surface area contributed by atoms with Crippen molar-refractivity contribution in [3.8, 4) is 45.4 Å². The number of carbonyl (C=O) groups is 2. The Hall–Kier alpha value is -4.18. The fourth-order valence-corrected chi connectivity index (χ4v) is 8.50. The largest absolute Gasteiger partial charge is 0.481 e. The molecule has 5 heterocycles. The van der Waals surface area contributed by atoms with Gasteiger partial charge in [0.2, 0.25) is 23.6 Å². The van der Waals surface area contributed by atoms with Crippen molar-refractivity contribution in [2.24, 2.45) is 5.41 Å². The van der Waals surface area contributed by atoms with Crippen molar-refractivity contribution in [1.29, 1.82) is 0 Å². The number of aromatic nitrogens is 2. The first-order valence-corrected chi connectivity index (χ1v) is 18.3. The zero-order valence-corrected chi connectivity index (χ0v) is 31.0. The zero-order valence-electron chi connectivity index (χ0n) is 29.5. The molecule has 1 spiro atoms. The Morgan fingerprint density at radius 1 is 0.882 bits per heavy atom. The fourth-order valence-electron chi connectivity index (χ4n) is 7.85. The van der Waals surface area contributed by atoms with Gasteiger partial charge in [-0.25, -0.2) is 9.97 Å². The van der Waals surface area contributed by atoms with Gasteiger partial charge in [0.05, 0.1) is 35.7 Å². The summed E-state index contributed by atoms with van der Waals surface area (Å²) in [5, 5.41) is 4.12. The molecule has 266 valence electrons. The number of rotatable bonds is 11. The van der Waals surface area contributed by atoms with Gasteiger partial charge in [-0.1, -0.05) is 65.7 Å². The molecule has 0 aliphatic carbocycles. The fraction of sp³-hybridized carbons (Fsp3) is 0.400. The molecule has 9 nitrogen and oxygen atoms in total. The summed E-state index contributed by atoms with van der Waals surface area (Å²) < 4.78 is 11.5. The minimum Gasteiger partial charge on any atom is -0.481 e. The molecule has 0 saturated carbocycles. The second-order valence-corrected chi connectivity index (χ2v) is 14.9. The van der Waals surface area contributed by atoms with Gasteiger partial charge in [0, 0.05) is 90.4 Å². The summed E-state index contributed by atoms with van der Waals surface area (Å²) in [7, 11) is 3.28. The molecule has 3 aliphatic heterocycles. The average molecular weight is 729 g/mol. The predicted molar refractivity (Wildman–Crippen MR) is 200 cm³/mol. The van der Waals surface area contributed by atoms with E-state index in [2.05, 4.69) is 23.2 Å². The quantitative estimate of drug-likeness (QED) is 0.170. The van der Waals surface area contributed by atoms with Crippen LogP contribution in [0, 0.1) is 5.41 Å². The van der Waals surface area contributed by atoms with Gasteiger partial charge in [-0.3, -0.25) is 14.5 Å². The molecular formula is C40H43Cl2N5O4. The lowest BCUT2D eigenvalue weighted by Crippen LogP contribution is -2.72. The Morgan fingerprint density at radius 2 is 1.47 bits per heavy atom. The number of pyridine rings is 2. The topological polar surface area (TPSA) is 96.9 Å². The summed E-state index contributed by atoms with van der Waals surface area (Å²) in [6.07, 6.45) is 4.17. The number of halogens is 2. The Balaban J connectivity index is 1.09. The van der Waals surface area contributed by atoms with E-state index >= 15 is 0 Å². The number of hydrogen-bond donors (Lipinski definition) is 1. The zero-order chi connectivity index (χ0) is 35.9. The first-order valence-electron chi connectivity index (χ1n) is 17.6. The van der Waals surface area contributed by atoms with Crippen LogP contribution in [-0.2, 0) is 16.0 Å². The molecule has 2 atom stereocenters. The Labute approximate surface area is 309 Å². The van der Waals surface area contributed by atoms with Crippen molar-refractivity contribution >= 4 is 35.0 Å². The summed E-state index contributed by atoms with van der Waals surface area (Å²) in [5.41, 5.74) is 6.77. The lowest BCUT2D eigenvalue weighted by Gasteiger charge is -2.61. The van der Waals surface area contributed by atoms with Crippen LogP contribution in [0.15, 0.2) is 60.7 Å². The van der Waals surface area contributed by atoms with Gasteiger partial charge in [-0.05, 0) is 50.8 Å². The number of carbonyl (C=O) groups excluding carboxylic acids is 2. The van der Waals surface area contributed by atoms with E-state index in [-0.39, 0.29) is 29.3 Å². The summed E-state index contributed by atoms with van der Waals surface area (Å²) in [5.74, 6) is 1.42. The summed E-state index contributed by atoms with van der Waals surface area (Å²) in [6.45, 7) is 7.38. The summed E-state index contributed by atoms with van der Waals surface area (Å²) >= 11 is 14.3. The van der Waals surface area contributed by atoms with E-state index in [0.29, 0.717) is 39.6 Å². The maximum Gasteiger partial charge on any atom is 0.220 e. The third-order valence-electron chi connectivity index (χ3n) is 10.7. The molecule has 3 fully saturated rings. The van der Waals surface area contributed by atoms with Gasteiger partial charge in [0.1, 0.15) is 0 Å². The second-order valence-electron chi connectivity index (χ2n) is 14.1. The van der Waals surface area contributed by atoms with E-state index < -0.39 is 0 Å². The van der Waals surface area contributed by atoms with Crippen molar-refractivity contribution in [3.63, 3.8) is 0 Å². The molecule has 1 N–H and O–H groups in total. The van der Waals surface area contributed by atoms with Gasteiger partial charge < -0.3 is 19.7 Å². The smallest absolute Gasteiger partial charge is 0.220 e. The number of methoxy groups -OCH3 is 2. The molecule has 7 rings (SSSR count). The van der Waals surface area contributed by atoms with Crippen molar-refractivity contribution in [3.05, 3.63) is 81.8 Å². The lowest BCUT2D eigenvalue weighted by atomic mass is 9.72. The highest BCUT2D eigenvalue weighted by Gasteiger charge is 2.53. The highest BCUT2D eigenvalue weighted by molar-refractivity contribution is 6.39. The van der Waals surface area contributed by atoms with E-state index in [9.17, 15) is 9.59 Å². The number of aryl methyl sites for hydroxylation is 1. The molecule has 3 saturated heterocycles. The van der Waals surface area contributed by atoms with E-state index in [1.165, 1.54) is 0 Å². The molecular weight excluding hydrogens is 685 g/mol. The standard InChI is InChI=1S/C40H43Cl2N5O4/c1-24(46-20-40(21-46)22-47(23-40)25(2)48)28-16-18-34(45-39(28)51-4)32-13-7-11-30(37(32)42)29-10-6-12-31(36(29)41)33-17-14-26(38(44-33)50-3)8-5-9-27-15-19-35(49)43-27/h6-7,10-14,16-18,24,27H,5,8-9,15,19-23H2,1-4H3,(H,43,49)/t24?,27-/m1/s1. The Bertz CT molecular complexity index is 1970. The summed E-state index contributed by atoms with van der Waals surface area (Å²) in [6, 6.07) is 20.2. The van der Waals surface area contributed by atoms with Crippen molar-refractivity contribution in [2.75, 3.05) is 40.4 Å². The normalized spacial score (nSPS) is 18.6.